The number of carbonyl (C=O) groups excluding carboxylic acids is 2. The summed E-state index contributed by atoms with van der Waals surface area (Å²) in [5.41, 5.74) is 3.96. The molecule has 1 fully saturated rings. The van der Waals surface area contributed by atoms with Gasteiger partial charge in [-0.05, 0) is 24.6 Å². The van der Waals surface area contributed by atoms with Gasteiger partial charge in [-0.3, -0.25) is 14.7 Å². The van der Waals surface area contributed by atoms with Crippen molar-refractivity contribution >= 4 is 34.2 Å². The standard InChI is InChI=1S/C20H19N7O2/c1-3-16(28)26-7-12(8-26)27-9-15-17(20(27)29)19(22-10-21-15)24-18-11(2)4-5-14-13(18)6-23-25-14/h3-6,10,12H,1,7-9H2,2H3,(H,23,25)(H,21,22,24). The summed E-state index contributed by atoms with van der Waals surface area (Å²) in [6.07, 6.45) is 4.51. The van der Waals surface area contributed by atoms with E-state index in [1.807, 2.05) is 19.1 Å². The molecule has 0 unspecified atom stereocenters. The fraction of sp³-hybridized carbons (Fsp3) is 0.250. The molecule has 0 aliphatic carbocycles. The quantitative estimate of drug-likeness (QED) is 0.659. The Morgan fingerprint density at radius 2 is 2.17 bits per heavy atom. The van der Waals surface area contributed by atoms with E-state index in [0.717, 1.165) is 22.2 Å². The van der Waals surface area contributed by atoms with Crippen LogP contribution in [0.1, 0.15) is 21.6 Å². The minimum atomic E-state index is -0.115. The number of likely N-dealkylation sites (tertiary alicyclic amines) is 1. The molecule has 4 heterocycles. The van der Waals surface area contributed by atoms with E-state index in [2.05, 4.69) is 32.1 Å². The number of nitrogens with zero attached hydrogens (tertiary/aromatic N) is 5. The lowest BCUT2D eigenvalue weighted by Gasteiger charge is -2.43. The predicted octanol–water partition coefficient (Wildman–Crippen LogP) is 1.76. The van der Waals surface area contributed by atoms with Gasteiger partial charge in [0.25, 0.3) is 5.91 Å². The van der Waals surface area contributed by atoms with Crippen LogP contribution >= 0.6 is 0 Å². The number of fused-ring (bicyclic) bond motifs is 2. The van der Waals surface area contributed by atoms with E-state index in [0.29, 0.717) is 36.7 Å². The molecule has 1 aromatic carbocycles. The molecule has 0 saturated carbocycles. The average Bonchev–Trinajstić information content (AvgIpc) is 3.28. The van der Waals surface area contributed by atoms with Crippen molar-refractivity contribution in [3.05, 3.63) is 54.1 Å². The van der Waals surface area contributed by atoms with Gasteiger partial charge in [-0.1, -0.05) is 12.6 Å². The molecule has 5 rings (SSSR count). The number of nitrogens with one attached hydrogen (secondary N) is 2. The van der Waals surface area contributed by atoms with E-state index < -0.39 is 0 Å². The van der Waals surface area contributed by atoms with Crippen molar-refractivity contribution in [1.82, 2.24) is 30.0 Å². The first-order valence-corrected chi connectivity index (χ1v) is 9.32. The highest BCUT2D eigenvalue weighted by Crippen LogP contribution is 2.34. The van der Waals surface area contributed by atoms with Crippen molar-refractivity contribution in [1.29, 1.82) is 0 Å². The molecule has 9 nitrogen and oxygen atoms in total. The van der Waals surface area contributed by atoms with Crippen molar-refractivity contribution in [2.45, 2.75) is 19.5 Å². The second-order valence-electron chi connectivity index (χ2n) is 7.29. The number of anilines is 2. The minimum Gasteiger partial charge on any atom is -0.339 e. The highest BCUT2D eigenvalue weighted by Gasteiger charge is 2.42. The SMILES string of the molecule is C=CC(=O)N1CC(N2Cc3ncnc(Nc4c(C)ccc5[nH]ncc45)c3C2=O)C1. The van der Waals surface area contributed by atoms with Gasteiger partial charge in [-0.2, -0.15) is 5.10 Å². The summed E-state index contributed by atoms with van der Waals surface area (Å²) in [5, 5.41) is 11.3. The summed E-state index contributed by atoms with van der Waals surface area (Å²) >= 11 is 0. The number of carbonyl (C=O) groups is 2. The van der Waals surface area contributed by atoms with Crippen LogP contribution in [-0.4, -0.2) is 60.9 Å². The first-order valence-electron chi connectivity index (χ1n) is 9.32. The zero-order valence-electron chi connectivity index (χ0n) is 15.8. The Kier molecular flexibility index (Phi) is 3.83. The summed E-state index contributed by atoms with van der Waals surface area (Å²) in [6, 6.07) is 3.93. The predicted molar refractivity (Wildman–Crippen MR) is 107 cm³/mol. The third-order valence-corrected chi connectivity index (χ3v) is 5.59. The second kappa shape index (κ2) is 6.40. The lowest BCUT2D eigenvalue weighted by molar-refractivity contribution is -0.132. The molecule has 0 atom stereocenters. The molecule has 2 N–H and O–H groups in total. The molecule has 2 aliphatic rings. The maximum absolute atomic E-state index is 13.2. The van der Waals surface area contributed by atoms with E-state index >= 15 is 0 Å². The van der Waals surface area contributed by atoms with Gasteiger partial charge in [-0.15, -0.1) is 0 Å². The second-order valence-corrected chi connectivity index (χ2v) is 7.29. The topological polar surface area (TPSA) is 107 Å². The summed E-state index contributed by atoms with van der Waals surface area (Å²) in [5.74, 6) is 0.254. The zero-order valence-corrected chi connectivity index (χ0v) is 15.8. The van der Waals surface area contributed by atoms with Gasteiger partial charge in [0.2, 0.25) is 5.91 Å². The molecule has 2 amide bonds. The van der Waals surface area contributed by atoms with Gasteiger partial charge >= 0.3 is 0 Å². The van der Waals surface area contributed by atoms with E-state index in [9.17, 15) is 9.59 Å². The number of benzene rings is 1. The molecule has 146 valence electrons. The number of aryl methyl sites for hydroxylation is 1. The van der Waals surface area contributed by atoms with Crippen LogP contribution in [-0.2, 0) is 11.3 Å². The van der Waals surface area contributed by atoms with E-state index in [4.69, 9.17) is 0 Å². The molecule has 2 aromatic heterocycles. The first-order chi connectivity index (χ1) is 14.1. The molecular weight excluding hydrogens is 370 g/mol. The summed E-state index contributed by atoms with van der Waals surface area (Å²) < 4.78 is 0. The van der Waals surface area contributed by atoms with E-state index in [1.165, 1.54) is 12.4 Å². The van der Waals surface area contributed by atoms with E-state index in [-0.39, 0.29) is 17.9 Å². The van der Waals surface area contributed by atoms with Crippen LogP contribution < -0.4 is 5.32 Å². The molecular formula is C20H19N7O2. The van der Waals surface area contributed by atoms with Crippen molar-refractivity contribution in [2.75, 3.05) is 18.4 Å². The molecule has 0 bridgehead atoms. The number of aromatic amines is 1. The average molecular weight is 389 g/mol. The zero-order chi connectivity index (χ0) is 20.1. The monoisotopic (exact) mass is 389 g/mol. The Hall–Kier alpha value is -3.75. The smallest absolute Gasteiger partial charge is 0.260 e. The maximum Gasteiger partial charge on any atom is 0.260 e. The van der Waals surface area contributed by atoms with Crippen molar-refractivity contribution in [3.63, 3.8) is 0 Å². The van der Waals surface area contributed by atoms with Gasteiger partial charge in [0.15, 0.2) is 0 Å². The highest BCUT2D eigenvalue weighted by atomic mass is 16.2. The Morgan fingerprint density at radius 1 is 1.34 bits per heavy atom. The van der Waals surface area contributed by atoms with Gasteiger partial charge in [0, 0.05) is 18.5 Å². The van der Waals surface area contributed by atoms with Crippen LogP contribution in [0.15, 0.2) is 37.3 Å². The Balaban J connectivity index is 1.44. The maximum atomic E-state index is 13.2. The van der Waals surface area contributed by atoms with Gasteiger partial charge in [-0.25, -0.2) is 9.97 Å². The molecule has 29 heavy (non-hydrogen) atoms. The van der Waals surface area contributed by atoms with Crippen LogP contribution in [0.3, 0.4) is 0 Å². The molecule has 0 radical (unpaired) electrons. The fourth-order valence-corrected chi connectivity index (χ4v) is 3.91. The first kappa shape index (κ1) is 17.4. The number of aromatic nitrogens is 4. The Bertz CT molecular complexity index is 1160. The van der Waals surface area contributed by atoms with E-state index in [1.54, 1.807) is 16.0 Å². The van der Waals surface area contributed by atoms with Crippen LogP contribution in [0.5, 0.6) is 0 Å². The Labute approximate surface area is 166 Å². The fourth-order valence-electron chi connectivity index (χ4n) is 3.91. The van der Waals surface area contributed by atoms with Gasteiger partial charge in [0.05, 0.1) is 35.7 Å². The van der Waals surface area contributed by atoms with Crippen LogP contribution in [0.25, 0.3) is 10.9 Å². The Morgan fingerprint density at radius 3 is 2.97 bits per heavy atom. The summed E-state index contributed by atoms with van der Waals surface area (Å²) in [4.78, 5) is 36.9. The van der Waals surface area contributed by atoms with Crippen molar-refractivity contribution < 1.29 is 9.59 Å². The lowest BCUT2D eigenvalue weighted by Crippen LogP contribution is -2.60. The van der Waals surface area contributed by atoms with Crippen molar-refractivity contribution in [3.8, 4) is 0 Å². The van der Waals surface area contributed by atoms with Crippen molar-refractivity contribution in [2.24, 2.45) is 0 Å². The molecule has 3 aromatic rings. The molecule has 9 heteroatoms. The van der Waals surface area contributed by atoms with Crippen LogP contribution in [0.4, 0.5) is 11.5 Å². The highest BCUT2D eigenvalue weighted by molar-refractivity contribution is 6.04. The van der Waals surface area contributed by atoms with Gasteiger partial charge in [0.1, 0.15) is 17.7 Å². The third kappa shape index (κ3) is 2.65. The lowest BCUT2D eigenvalue weighted by atomic mass is 10.1. The number of hydrogen-bond acceptors (Lipinski definition) is 6. The number of amides is 2. The summed E-state index contributed by atoms with van der Waals surface area (Å²) in [7, 11) is 0. The molecule has 2 aliphatic heterocycles. The van der Waals surface area contributed by atoms with Gasteiger partial charge < -0.3 is 15.1 Å². The largest absolute Gasteiger partial charge is 0.339 e. The van der Waals surface area contributed by atoms with Crippen LogP contribution in [0.2, 0.25) is 0 Å². The third-order valence-electron chi connectivity index (χ3n) is 5.59. The molecule has 1 saturated heterocycles. The van der Waals surface area contributed by atoms with Crippen LogP contribution in [0, 0.1) is 6.92 Å². The minimum absolute atomic E-state index is 0.0208. The normalized spacial score (nSPS) is 16.1. The number of H-pyrrole nitrogens is 1. The number of rotatable bonds is 4. The summed E-state index contributed by atoms with van der Waals surface area (Å²) in [6.45, 7) is 6.93. The molecule has 0 spiro atoms. The number of hydrogen-bond donors (Lipinski definition) is 2.